The molecule has 1 amide bonds. The molecule has 1 N–H and O–H groups in total. The zero-order valence-electron chi connectivity index (χ0n) is 12.2. The van der Waals surface area contributed by atoms with Crippen molar-refractivity contribution >= 4 is 27.8 Å². The number of carboxylic acid groups (broad SMARTS) is 1. The summed E-state index contributed by atoms with van der Waals surface area (Å²) in [4.78, 5) is 28.7. The highest BCUT2D eigenvalue weighted by atomic mass is 32.2. The van der Waals surface area contributed by atoms with E-state index in [1.807, 2.05) is 0 Å². The van der Waals surface area contributed by atoms with Crippen molar-refractivity contribution in [1.82, 2.24) is 14.5 Å². The van der Waals surface area contributed by atoms with E-state index in [-0.39, 0.29) is 5.57 Å². The highest BCUT2D eigenvalue weighted by Crippen LogP contribution is 2.48. The van der Waals surface area contributed by atoms with Gasteiger partial charge in [-0.1, -0.05) is 0 Å². The lowest BCUT2D eigenvalue weighted by atomic mass is 9.95. The van der Waals surface area contributed by atoms with Gasteiger partial charge >= 0.3 is 5.97 Å². The molecule has 1 aromatic heterocycles. The number of sulfone groups is 1. The van der Waals surface area contributed by atoms with Crippen LogP contribution in [0.3, 0.4) is 0 Å². The van der Waals surface area contributed by atoms with Gasteiger partial charge < -0.3 is 14.6 Å². The van der Waals surface area contributed by atoms with Gasteiger partial charge in [-0.05, 0) is 19.9 Å². The van der Waals surface area contributed by atoms with Gasteiger partial charge in [0.05, 0.1) is 5.57 Å². The Morgan fingerprint density at radius 1 is 1.45 bits per heavy atom. The number of carbonyl (C=O) groups excluding carboxylic acids is 1. The van der Waals surface area contributed by atoms with Crippen LogP contribution in [0.5, 0.6) is 0 Å². The van der Waals surface area contributed by atoms with Crippen LogP contribution < -0.4 is 0 Å². The number of hydrogen-bond acceptors (Lipinski definition) is 5. The van der Waals surface area contributed by atoms with Gasteiger partial charge in [0.25, 0.3) is 5.91 Å². The lowest BCUT2D eigenvalue weighted by Gasteiger charge is -2.37. The minimum Gasteiger partial charge on any atom is -0.480 e. The molecular formula is C13H15N3O5S. The predicted octanol–water partition coefficient (Wildman–Crippen LogP) is -0.368. The Balaban J connectivity index is 2.12. The second kappa shape index (κ2) is 4.19. The largest absolute Gasteiger partial charge is 0.480 e. The molecule has 8 nitrogen and oxygen atoms in total. The van der Waals surface area contributed by atoms with E-state index < -0.39 is 37.9 Å². The molecule has 1 aromatic rings. The average Bonchev–Trinajstić information content (AvgIpc) is 2.85. The Kier molecular flexibility index (Phi) is 2.81. The molecule has 0 aliphatic carbocycles. The molecule has 0 aromatic carbocycles. The third-order valence-corrected chi connectivity index (χ3v) is 7.10. The van der Waals surface area contributed by atoms with Crippen molar-refractivity contribution in [1.29, 1.82) is 0 Å². The highest BCUT2D eigenvalue weighted by Gasteiger charge is 2.70. The van der Waals surface area contributed by atoms with Gasteiger partial charge in [0, 0.05) is 19.4 Å². The van der Waals surface area contributed by atoms with Gasteiger partial charge in [-0.15, -0.1) is 0 Å². The molecule has 0 unspecified atom stereocenters. The van der Waals surface area contributed by atoms with Crippen LogP contribution in [0.2, 0.25) is 0 Å². The number of aromatic nitrogens is 2. The fourth-order valence-corrected chi connectivity index (χ4v) is 5.12. The number of β-lactam (4-membered cyclic amide) rings is 1. The van der Waals surface area contributed by atoms with Crippen LogP contribution in [0.15, 0.2) is 18.0 Å². The smallest absolute Gasteiger partial charge is 0.328 e. The maximum Gasteiger partial charge on any atom is 0.328 e. The topological polar surface area (TPSA) is 110 Å². The third kappa shape index (κ3) is 1.57. The lowest BCUT2D eigenvalue weighted by molar-refractivity contribution is -0.152. The highest BCUT2D eigenvalue weighted by molar-refractivity contribution is 7.94. The summed E-state index contributed by atoms with van der Waals surface area (Å²) in [6.45, 7) is 2.68. The Labute approximate surface area is 127 Å². The van der Waals surface area contributed by atoms with E-state index in [2.05, 4.69) is 4.98 Å². The predicted molar refractivity (Wildman–Crippen MR) is 76.2 cm³/mol. The fourth-order valence-electron chi connectivity index (χ4n) is 3.00. The van der Waals surface area contributed by atoms with Gasteiger partial charge in [-0.3, -0.25) is 4.79 Å². The first-order valence-corrected chi connectivity index (χ1v) is 8.13. The number of imidazole rings is 1. The van der Waals surface area contributed by atoms with Crippen LogP contribution in [0, 0.1) is 0 Å². The van der Waals surface area contributed by atoms with E-state index in [4.69, 9.17) is 0 Å². The maximum absolute atomic E-state index is 12.6. The van der Waals surface area contributed by atoms with E-state index in [0.717, 1.165) is 4.90 Å². The van der Waals surface area contributed by atoms with Crippen molar-refractivity contribution in [2.75, 3.05) is 0 Å². The van der Waals surface area contributed by atoms with E-state index in [9.17, 15) is 23.1 Å². The van der Waals surface area contributed by atoms with Crippen molar-refractivity contribution < 1.29 is 23.1 Å². The van der Waals surface area contributed by atoms with Crippen LogP contribution >= 0.6 is 0 Å². The van der Waals surface area contributed by atoms with Crippen LogP contribution in [-0.2, 0) is 26.5 Å². The molecule has 9 heteroatoms. The first-order chi connectivity index (χ1) is 10.1. The third-order valence-electron chi connectivity index (χ3n) is 4.34. The second-order valence-corrected chi connectivity index (χ2v) is 8.54. The van der Waals surface area contributed by atoms with E-state index in [1.165, 1.54) is 26.1 Å². The number of amides is 1. The van der Waals surface area contributed by atoms with Crippen LogP contribution in [0.1, 0.15) is 19.7 Å². The van der Waals surface area contributed by atoms with Gasteiger partial charge in [0.1, 0.15) is 10.6 Å². The first kappa shape index (κ1) is 14.8. The lowest BCUT2D eigenvalue weighted by Crippen LogP contribution is -2.58. The van der Waals surface area contributed by atoms with E-state index in [0.29, 0.717) is 5.82 Å². The van der Waals surface area contributed by atoms with Crippen molar-refractivity contribution in [3.05, 3.63) is 23.8 Å². The van der Waals surface area contributed by atoms with Gasteiger partial charge in [0.2, 0.25) is 0 Å². The summed E-state index contributed by atoms with van der Waals surface area (Å²) in [6.07, 6.45) is 4.60. The molecule has 2 fully saturated rings. The number of aliphatic carboxylic acids is 1. The molecule has 118 valence electrons. The number of carboxylic acids is 1. The summed E-state index contributed by atoms with van der Waals surface area (Å²) >= 11 is 0. The number of fused-ring (bicyclic) bond motifs is 1. The molecule has 0 saturated carbocycles. The summed E-state index contributed by atoms with van der Waals surface area (Å²) in [7, 11) is -2.12. The quantitative estimate of drug-likeness (QED) is 0.587. The Bertz CT molecular complexity index is 820. The van der Waals surface area contributed by atoms with Gasteiger partial charge in [0.15, 0.2) is 21.3 Å². The molecule has 2 atom stereocenters. The zero-order valence-corrected chi connectivity index (χ0v) is 13.0. The fraction of sp³-hybridized carbons (Fsp3) is 0.462. The summed E-state index contributed by atoms with van der Waals surface area (Å²) in [5, 5.41) is 8.10. The summed E-state index contributed by atoms with van der Waals surface area (Å²) < 4.78 is 25.4. The van der Waals surface area contributed by atoms with Crippen molar-refractivity contribution in [2.24, 2.45) is 7.05 Å². The molecule has 3 heterocycles. The molecule has 3 rings (SSSR count). The Morgan fingerprint density at radius 3 is 2.59 bits per heavy atom. The Hall–Kier alpha value is -2.16. The Morgan fingerprint density at radius 2 is 2.09 bits per heavy atom. The average molecular weight is 325 g/mol. The molecule has 0 bridgehead atoms. The summed E-state index contributed by atoms with van der Waals surface area (Å²) in [5.74, 6) is -1.45. The number of aryl methyl sites for hydroxylation is 1. The molecule has 2 saturated heterocycles. The van der Waals surface area contributed by atoms with Crippen LogP contribution in [-0.4, -0.2) is 56.0 Å². The van der Waals surface area contributed by atoms with Crippen LogP contribution in [0.25, 0.3) is 6.08 Å². The molecular weight excluding hydrogens is 310 g/mol. The minimum atomic E-state index is -3.84. The van der Waals surface area contributed by atoms with E-state index in [1.54, 1.807) is 17.8 Å². The zero-order chi connectivity index (χ0) is 16.4. The standard InChI is InChI=1S/C13H15N3O5S/c1-13(2)9(12(18)19)16-10(17)7(11(16)22(13,20)21)6-8-14-4-5-15(8)3/h4-6,9,11H,1-3H3,(H,18,19)/b7-6+/t9-,11+/m0/s1. The first-order valence-electron chi connectivity index (χ1n) is 6.58. The van der Waals surface area contributed by atoms with Gasteiger partial charge in [-0.25, -0.2) is 18.2 Å². The molecule has 0 radical (unpaired) electrons. The number of carbonyl (C=O) groups is 2. The minimum absolute atomic E-state index is 0.0612. The van der Waals surface area contributed by atoms with Crippen LogP contribution in [0.4, 0.5) is 0 Å². The summed E-state index contributed by atoms with van der Waals surface area (Å²) in [5.41, 5.74) is 0.0612. The molecule has 22 heavy (non-hydrogen) atoms. The molecule has 2 aliphatic rings. The van der Waals surface area contributed by atoms with Crippen molar-refractivity contribution in [2.45, 2.75) is 30.0 Å². The van der Waals surface area contributed by atoms with E-state index >= 15 is 0 Å². The van der Waals surface area contributed by atoms with Gasteiger partial charge in [-0.2, -0.15) is 0 Å². The number of hydrogen-bond donors (Lipinski definition) is 1. The van der Waals surface area contributed by atoms with Crippen molar-refractivity contribution in [3.8, 4) is 0 Å². The molecule has 2 aliphatic heterocycles. The SMILES string of the molecule is Cn1ccnc1/C=C1\C(=O)N2[C@@H](C(=O)O)C(C)(C)S(=O)(=O)[C@H]12. The second-order valence-electron chi connectivity index (χ2n) is 5.95. The summed E-state index contributed by atoms with van der Waals surface area (Å²) in [6, 6.07) is -1.38. The van der Waals surface area contributed by atoms with Crippen molar-refractivity contribution in [3.63, 3.8) is 0 Å². The monoisotopic (exact) mass is 325 g/mol. The number of nitrogens with zero attached hydrogens (tertiary/aromatic N) is 3. The molecule has 0 spiro atoms. The maximum atomic E-state index is 12.6. The normalized spacial score (nSPS) is 30.2. The number of rotatable bonds is 2.